The van der Waals surface area contributed by atoms with Crippen molar-refractivity contribution in [3.63, 3.8) is 0 Å². The lowest BCUT2D eigenvalue weighted by Gasteiger charge is -2.19. The van der Waals surface area contributed by atoms with E-state index in [2.05, 4.69) is 51.9 Å². The van der Waals surface area contributed by atoms with Crippen LogP contribution in [-0.2, 0) is 4.74 Å². The number of hydrogen-bond donors (Lipinski definition) is 0. The summed E-state index contributed by atoms with van der Waals surface area (Å²) in [5.74, 6) is 3.87. The van der Waals surface area contributed by atoms with Gasteiger partial charge in [0, 0.05) is 25.3 Å². The van der Waals surface area contributed by atoms with Crippen LogP contribution in [0.3, 0.4) is 0 Å². The molecule has 0 aliphatic heterocycles. The van der Waals surface area contributed by atoms with E-state index in [1.54, 1.807) is 26.4 Å². The van der Waals surface area contributed by atoms with E-state index in [9.17, 15) is 4.79 Å². The Morgan fingerprint density at radius 2 is 1.56 bits per heavy atom. The van der Waals surface area contributed by atoms with E-state index in [0.717, 1.165) is 35.6 Å². The first-order valence-electron chi connectivity index (χ1n) is 15.1. The van der Waals surface area contributed by atoms with Crippen LogP contribution < -0.4 is 10.4 Å². The molecule has 0 N–H and O–H groups in total. The third-order valence-electron chi connectivity index (χ3n) is 6.22. The van der Waals surface area contributed by atoms with E-state index in [0.29, 0.717) is 23.2 Å². The third kappa shape index (κ3) is 16.7. The van der Waals surface area contributed by atoms with Gasteiger partial charge in [-0.25, -0.2) is 4.79 Å². The zero-order valence-corrected chi connectivity index (χ0v) is 26.6. The second-order valence-corrected chi connectivity index (χ2v) is 12.0. The van der Waals surface area contributed by atoms with Crippen LogP contribution in [0, 0.1) is 23.7 Å². The summed E-state index contributed by atoms with van der Waals surface area (Å²) in [6.45, 7) is 14.6. The van der Waals surface area contributed by atoms with Gasteiger partial charge < -0.3 is 13.9 Å². The minimum atomic E-state index is -0.366. The van der Waals surface area contributed by atoms with Gasteiger partial charge in [0.05, 0.1) is 18.4 Å². The van der Waals surface area contributed by atoms with Crippen LogP contribution in [0.5, 0.6) is 5.75 Å². The molecule has 2 aromatic heterocycles. The highest BCUT2D eigenvalue weighted by atomic mass is 16.5. The summed E-state index contributed by atoms with van der Waals surface area (Å²) < 4.78 is 16.4. The number of unbranched alkanes of at least 4 members (excludes halogenated alkanes) is 7. The maximum atomic E-state index is 12.4. The predicted molar refractivity (Wildman–Crippen MR) is 173 cm³/mol. The lowest BCUT2D eigenvalue weighted by atomic mass is 9.86. The van der Waals surface area contributed by atoms with Crippen molar-refractivity contribution in [3.05, 3.63) is 59.2 Å². The number of hydrogen-bond acceptors (Lipinski definition) is 5. The van der Waals surface area contributed by atoms with Gasteiger partial charge in [-0.2, -0.15) is 0 Å². The number of terminal acetylenes is 1. The van der Waals surface area contributed by atoms with Gasteiger partial charge in [0.2, 0.25) is 0 Å². The molecular formula is C36H53NO4. The molecule has 0 amide bonds. The molecule has 0 fully saturated rings. The molecule has 3 aromatic rings. The fraction of sp³-hybridized carbons (Fsp3) is 0.556. The Bertz CT molecular complexity index is 1200. The molecule has 0 saturated carbocycles. The first-order chi connectivity index (χ1) is 19.6. The molecule has 0 saturated heterocycles. The Hall–Kier alpha value is -3.10. The average molecular weight is 564 g/mol. The molecule has 3 rings (SSSR count). The average Bonchev–Trinajstić information content (AvgIpc) is 2.91. The van der Waals surface area contributed by atoms with E-state index in [-0.39, 0.29) is 5.63 Å². The molecule has 0 radical (unpaired) electrons. The molecule has 0 atom stereocenters. The van der Waals surface area contributed by atoms with Crippen LogP contribution in [0.4, 0.5) is 0 Å². The number of rotatable bonds is 14. The molecule has 2 heterocycles. The largest absolute Gasteiger partial charge is 0.494 e. The molecule has 5 nitrogen and oxygen atoms in total. The maximum absolute atomic E-state index is 12.4. The van der Waals surface area contributed by atoms with Gasteiger partial charge in [-0.1, -0.05) is 85.3 Å². The molecular weight excluding hydrogens is 510 g/mol. The SMILES string of the molecule is C#CC.CC(C)CC(C)(C)C.COCCCCCCCCCCOc1cccc(-c2cc3ccncc3oc2=O)c1. The number of ether oxygens (including phenoxy) is 2. The summed E-state index contributed by atoms with van der Waals surface area (Å²) in [5.41, 5.74) is 1.98. The lowest BCUT2D eigenvalue weighted by Crippen LogP contribution is -2.08. The van der Waals surface area contributed by atoms with Gasteiger partial charge in [0.25, 0.3) is 0 Å². The maximum Gasteiger partial charge on any atom is 0.344 e. The summed E-state index contributed by atoms with van der Waals surface area (Å²) in [6.07, 6.45) is 19.0. The molecule has 0 aliphatic rings. The Morgan fingerprint density at radius 3 is 2.12 bits per heavy atom. The number of benzene rings is 1. The van der Waals surface area contributed by atoms with Crippen molar-refractivity contribution in [3.8, 4) is 29.2 Å². The van der Waals surface area contributed by atoms with E-state index in [4.69, 9.17) is 13.9 Å². The lowest BCUT2D eigenvalue weighted by molar-refractivity contribution is 0.192. The molecule has 0 unspecified atom stereocenters. The van der Waals surface area contributed by atoms with Crippen molar-refractivity contribution >= 4 is 11.0 Å². The van der Waals surface area contributed by atoms with E-state index in [1.165, 1.54) is 51.4 Å². The zero-order chi connectivity index (χ0) is 30.5. The highest BCUT2D eigenvalue weighted by molar-refractivity contribution is 5.81. The molecule has 41 heavy (non-hydrogen) atoms. The van der Waals surface area contributed by atoms with E-state index >= 15 is 0 Å². The summed E-state index contributed by atoms with van der Waals surface area (Å²) in [6, 6.07) is 11.3. The van der Waals surface area contributed by atoms with Gasteiger partial charge in [0.15, 0.2) is 5.58 Å². The Labute approximate surface area is 249 Å². The first kappa shape index (κ1) is 35.9. The zero-order valence-electron chi connectivity index (χ0n) is 26.6. The Morgan fingerprint density at radius 1 is 0.951 bits per heavy atom. The number of methoxy groups -OCH3 is 1. The number of nitrogens with zero attached hydrogens (tertiary/aromatic N) is 1. The highest BCUT2D eigenvalue weighted by Crippen LogP contribution is 2.25. The standard InChI is InChI=1S/C25H31NO4.C8H18.C3H4/c1-28-15-8-6-4-2-3-5-7-9-16-29-22-12-10-11-20(17-22)23-18-21-13-14-26-19-24(21)30-25(23)27;1-7(2)6-8(3,4)5;1-3-2/h10-14,17-19H,2-9,15-16H2,1H3;7H,6H2,1-5H3;1H,2H3. The third-order valence-corrected chi connectivity index (χ3v) is 6.22. The quantitative estimate of drug-likeness (QED) is 0.144. The molecule has 226 valence electrons. The molecule has 0 bridgehead atoms. The van der Waals surface area contributed by atoms with Gasteiger partial charge in [0.1, 0.15) is 5.75 Å². The normalized spacial score (nSPS) is 10.8. The van der Waals surface area contributed by atoms with Crippen molar-refractivity contribution in [2.45, 2.75) is 99.3 Å². The number of pyridine rings is 1. The van der Waals surface area contributed by atoms with Gasteiger partial charge in [-0.05, 0) is 67.3 Å². The van der Waals surface area contributed by atoms with Crippen molar-refractivity contribution < 1.29 is 13.9 Å². The van der Waals surface area contributed by atoms with Crippen molar-refractivity contribution in [1.29, 1.82) is 0 Å². The van der Waals surface area contributed by atoms with Crippen molar-refractivity contribution in [2.24, 2.45) is 11.3 Å². The van der Waals surface area contributed by atoms with Crippen LogP contribution in [0.1, 0.15) is 99.3 Å². The second-order valence-electron chi connectivity index (χ2n) is 12.0. The molecule has 0 aliphatic carbocycles. The van der Waals surface area contributed by atoms with Gasteiger partial charge >= 0.3 is 5.63 Å². The van der Waals surface area contributed by atoms with Crippen LogP contribution >= 0.6 is 0 Å². The minimum Gasteiger partial charge on any atom is -0.494 e. The fourth-order valence-electron chi connectivity index (χ4n) is 4.74. The molecule has 0 spiro atoms. The van der Waals surface area contributed by atoms with Crippen molar-refractivity contribution in [1.82, 2.24) is 4.98 Å². The van der Waals surface area contributed by atoms with Crippen LogP contribution in [0.15, 0.2) is 58.0 Å². The van der Waals surface area contributed by atoms with E-state index in [1.807, 2.05) is 36.4 Å². The fourth-order valence-corrected chi connectivity index (χ4v) is 4.74. The smallest absolute Gasteiger partial charge is 0.344 e. The molecule has 1 aromatic carbocycles. The van der Waals surface area contributed by atoms with Crippen LogP contribution in [0.25, 0.3) is 22.1 Å². The topological polar surface area (TPSA) is 61.6 Å². The Kier molecular flexibility index (Phi) is 18.2. The summed E-state index contributed by atoms with van der Waals surface area (Å²) in [7, 11) is 1.76. The van der Waals surface area contributed by atoms with Crippen molar-refractivity contribution in [2.75, 3.05) is 20.3 Å². The predicted octanol–water partition coefficient (Wildman–Crippen LogP) is 9.72. The van der Waals surface area contributed by atoms with Crippen LogP contribution in [0.2, 0.25) is 0 Å². The summed E-state index contributed by atoms with van der Waals surface area (Å²) >= 11 is 0. The van der Waals surface area contributed by atoms with Gasteiger partial charge in [-0.3, -0.25) is 4.98 Å². The van der Waals surface area contributed by atoms with Crippen LogP contribution in [-0.4, -0.2) is 25.3 Å². The highest BCUT2D eigenvalue weighted by Gasteiger charge is 2.11. The Balaban J connectivity index is 0.000000651. The molecule has 5 heteroatoms. The monoisotopic (exact) mass is 563 g/mol. The van der Waals surface area contributed by atoms with E-state index < -0.39 is 0 Å². The second kappa shape index (κ2) is 20.7. The number of aromatic nitrogens is 1. The first-order valence-corrected chi connectivity index (χ1v) is 15.1. The summed E-state index contributed by atoms with van der Waals surface area (Å²) in [5, 5.41) is 0.851. The van der Waals surface area contributed by atoms with Gasteiger partial charge in [-0.15, -0.1) is 12.3 Å². The summed E-state index contributed by atoms with van der Waals surface area (Å²) in [4.78, 5) is 16.4. The number of fused-ring (bicyclic) bond motifs is 1. The minimum absolute atomic E-state index is 0.366.